The van der Waals surface area contributed by atoms with Crippen LogP contribution in [0.4, 0.5) is 5.82 Å². The Labute approximate surface area is 116 Å². The van der Waals surface area contributed by atoms with Gasteiger partial charge in [-0.3, -0.25) is 0 Å². The molecule has 0 radical (unpaired) electrons. The van der Waals surface area contributed by atoms with Gasteiger partial charge in [0.15, 0.2) is 0 Å². The average Bonchev–Trinajstić information content (AvgIpc) is 2.24. The van der Waals surface area contributed by atoms with Crippen molar-refractivity contribution in [2.75, 3.05) is 32.5 Å². The minimum atomic E-state index is 0.118. The van der Waals surface area contributed by atoms with E-state index in [4.69, 9.17) is 4.74 Å². The molecule has 1 N–H and O–H groups in total. The topological polar surface area (TPSA) is 50.3 Å². The molecule has 0 aromatic carbocycles. The molecule has 1 heterocycles. The maximum absolute atomic E-state index is 5.55. The van der Waals surface area contributed by atoms with Crippen molar-refractivity contribution in [1.82, 2.24) is 14.9 Å². The molecule has 0 aliphatic heterocycles. The summed E-state index contributed by atoms with van der Waals surface area (Å²) in [7, 11) is 4.17. The van der Waals surface area contributed by atoms with E-state index < -0.39 is 0 Å². The van der Waals surface area contributed by atoms with Crippen LogP contribution in [0.15, 0.2) is 12.4 Å². The average molecular weight is 266 g/mol. The molecule has 19 heavy (non-hydrogen) atoms. The number of rotatable bonds is 7. The summed E-state index contributed by atoms with van der Waals surface area (Å²) in [5.41, 5.74) is 0.174. The number of aromatic nitrogens is 2. The smallest absolute Gasteiger partial charge is 0.218 e. The van der Waals surface area contributed by atoms with Gasteiger partial charge in [0.05, 0.1) is 6.10 Å². The Morgan fingerprint density at radius 1 is 1.32 bits per heavy atom. The van der Waals surface area contributed by atoms with E-state index in [2.05, 4.69) is 48.1 Å². The second kappa shape index (κ2) is 6.70. The Kier molecular flexibility index (Phi) is 5.54. The van der Waals surface area contributed by atoms with Crippen LogP contribution < -0.4 is 10.1 Å². The largest absolute Gasteiger partial charge is 0.475 e. The van der Waals surface area contributed by atoms with Crippen molar-refractivity contribution >= 4 is 5.82 Å². The molecular formula is C14H26N4O. The van der Waals surface area contributed by atoms with Crippen LogP contribution >= 0.6 is 0 Å². The molecule has 0 saturated carbocycles. The first kappa shape index (κ1) is 15.7. The van der Waals surface area contributed by atoms with Crippen LogP contribution in [0.25, 0.3) is 0 Å². The van der Waals surface area contributed by atoms with Crippen LogP contribution in [0, 0.1) is 5.41 Å². The van der Waals surface area contributed by atoms with Gasteiger partial charge in [-0.05, 0) is 33.4 Å². The summed E-state index contributed by atoms with van der Waals surface area (Å²) >= 11 is 0. The number of anilines is 1. The van der Waals surface area contributed by atoms with Gasteiger partial charge in [0.25, 0.3) is 0 Å². The fraction of sp³-hybridized carbons (Fsp3) is 0.714. The normalized spacial score (nSPS) is 12.0. The minimum absolute atomic E-state index is 0.118. The van der Waals surface area contributed by atoms with Crippen molar-refractivity contribution in [2.24, 2.45) is 5.41 Å². The monoisotopic (exact) mass is 266 g/mol. The van der Waals surface area contributed by atoms with Crippen molar-refractivity contribution in [3.8, 4) is 5.88 Å². The van der Waals surface area contributed by atoms with Gasteiger partial charge in [-0.15, -0.1) is 0 Å². The van der Waals surface area contributed by atoms with Gasteiger partial charge < -0.3 is 15.0 Å². The Morgan fingerprint density at radius 2 is 2.00 bits per heavy atom. The molecule has 0 unspecified atom stereocenters. The quantitative estimate of drug-likeness (QED) is 0.820. The van der Waals surface area contributed by atoms with Gasteiger partial charge in [0, 0.05) is 19.2 Å². The van der Waals surface area contributed by atoms with Crippen LogP contribution in [0.2, 0.25) is 0 Å². The van der Waals surface area contributed by atoms with Crippen LogP contribution in [0.5, 0.6) is 5.88 Å². The number of hydrogen-bond donors (Lipinski definition) is 1. The fourth-order valence-corrected chi connectivity index (χ4v) is 1.98. The Balaban J connectivity index is 2.57. The van der Waals surface area contributed by atoms with Crippen molar-refractivity contribution in [3.05, 3.63) is 12.4 Å². The summed E-state index contributed by atoms with van der Waals surface area (Å²) in [6.07, 6.45) is 1.65. The lowest BCUT2D eigenvalue weighted by Crippen LogP contribution is -2.34. The van der Waals surface area contributed by atoms with E-state index in [0.717, 1.165) is 18.9 Å². The molecule has 1 aromatic heterocycles. The summed E-state index contributed by atoms with van der Waals surface area (Å²) in [6.45, 7) is 10.3. The van der Waals surface area contributed by atoms with Crippen LogP contribution in [0.1, 0.15) is 27.7 Å². The van der Waals surface area contributed by atoms with E-state index in [9.17, 15) is 0 Å². The lowest BCUT2D eigenvalue weighted by molar-refractivity contribution is 0.232. The highest BCUT2D eigenvalue weighted by molar-refractivity contribution is 5.37. The van der Waals surface area contributed by atoms with E-state index >= 15 is 0 Å². The number of hydrogen-bond acceptors (Lipinski definition) is 5. The van der Waals surface area contributed by atoms with E-state index in [-0.39, 0.29) is 11.5 Å². The Hall–Kier alpha value is -1.36. The third kappa shape index (κ3) is 6.38. The molecule has 0 aliphatic rings. The molecule has 0 bridgehead atoms. The van der Waals surface area contributed by atoms with Crippen molar-refractivity contribution in [1.29, 1.82) is 0 Å². The zero-order chi connectivity index (χ0) is 14.5. The minimum Gasteiger partial charge on any atom is -0.475 e. The molecular weight excluding hydrogens is 240 g/mol. The zero-order valence-corrected chi connectivity index (χ0v) is 12.9. The van der Waals surface area contributed by atoms with E-state index in [0.29, 0.717) is 5.88 Å². The Morgan fingerprint density at radius 3 is 2.58 bits per heavy atom. The standard InChI is InChI=1S/C14H26N4O/c1-11(2)19-13-7-12(16-10-17-13)15-8-14(3,4)9-18(5)6/h7,10-11H,8-9H2,1-6H3,(H,15,16,17). The molecule has 0 spiro atoms. The van der Waals surface area contributed by atoms with E-state index in [1.165, 1.54) is 6.33 Å². The summed E-state index contributed by atoms with van der Waals surface area (Å²) < 4.78 is 5.55. The lowest BCUT2D eigenvalue weighted by Gasteiger charge is -2.28. The molecule has 0 aliphatic carbocycles. The lowest BCUT2D eigenvalue weighted by atomic mass is 9.93. The van der Waals surface area contributed by atoms with Gasteiger partial charge >= 0.3 is 0 Å². The molecule has 1 aromatic rings. The second-order valence-corrected chi connectivity index (χ2v) is 6.16. The molecule has 0 amide bonds. The van der Waals surface area contributed by atoms with Gasteiger partial charge in [-0.25, -0.2) is 9.97 Å². The highest BCUT2D eigenvalue weighted by atomic mass is 16.5. The SMILES string of the molecule is CC(C)Oc1cc(NCC(C)(C)CN(C)C)ncn1. The maximum atomic E-state index is 5.55. The number of ether oxygens (including phenoxy) is 1. The highest BCUT2D eigenvalue weighted by Gasteiger charge is 2.18. The van der Waals surface area contributed by atoms with Gasteiger partial charge in [0.1, 0.15) is 12.1 Å². The first-order valence-corrected chi connectivity index (χ1v) is 6.66. The highest BCUT2D eigenvalue weighted by Crippen LogP contribution is 2.18. The molecule has 5 heteroatoms. The predicted octanol–water partition coefficient (Wildman–Crippen LogP) is 2.26. The fourth-order valence-electron chi connectivity index (χ4n) is 1.98. The number of nitrogens with one attached hydrogen (secondary N) is 1. The Bertz CT molecular complexity index is 391. The molecule has 108 valence electrons. The molecule has 1 rings (SSSR count). The summed E-state index contributed by atoms with van der Waals surface area (Å²) in [4.78, 5) is 10.5. The van der Waals surface area contributed by atoms with Crippen LogP contribution in [0.3, 0.4) is 0 Å². The van der Waals surface area contributed by atoms with Crippen molar-refractivity contribution in [2.45, 2.75) is 33.8 Å². The second-order valence-electron chi connectivity index (χ2n) is 6.16. The van der Waals surface area contributed by atoms with Gasteiger partial charge in [-0.2, -0.15) is 0 Å². The molecule has 5 nitrogen and oxygen atoms in total. The number of nitrogens with zero attached hydrogens (tertiary/aromatic N) is 3. The summed E-state index contributed by atoms with van der Waals surface area (Å²) in [5, 5.41) is 3.35. The van der Waals surface area contributed by atoms with Gasteiger partial charge in [0.2, 0.25) is 5.88 Å². The van der Waals surface area contributed by atoms with E-state index in [1.807, 2.05) is 19.9 Å². The zero-order valence-electron chi connectivity index (χ0n) is 12.9. The van der Waals surface area contributed by atoms with Crippen molar-refractivity contribution in [3.63, 3.8) is 0 Å². The maximum Gasteiger partial charge on any atom is 0.218 e. The molecule has 0 saturated heterocycles. The first-order chi connectivity index (χ1) is 8.78. The third-order valence-electron chi connectivity index (χ3n) is 2.49. The van der Waals surface area contributed by atoms with Crippen molar-refractivity contribution < 1.29 is 4.74 Å². The first-order valence-electron chi connectivity index (χ1n) is 6.66. The van der Waals surface area contributed by atoms with Gasteiger partial charge in [-0.1, -0.05) is 13.8 Å². The molecule has 0 atom stereocenters. The summed E-state index contributed by atoms with van der Waals surface area (Å²) in [5.74, 6) is 1.41. The van der Waals surface area contributed by atoms with Crippen LogP contribution in [-0.2, 0) is 0 Å². The third-order valence-corrected chi connectivity index (χ3v) is 2.49. The molecule has 0 fully saturated rings. The summed E-state index contributed by atoms with van der Waals surface area (Å²) in [6, 6.07) is 1.84. The van der Waals surface area contributed by atoms with Crippen LogP contribution in [-0.4, -0.2) is 48.2 Å². The van der Waals surface area contributed by atoms with E-state index in [1.54, 1.807) is 0 Å². The predicted molar refractivity (Wildman–Crippen MR) is 78.6 cm³/mol.